The van der Waals surface area contributed by atoms with Gasteiger partial charge in [0.2, 0.25) is 0 Å². The van der Waals surface area contributed by atoms with Crippen molar-refractivity contribution in [3.63, 3.8) is 0 Å². The zero-order chi connectivity index (χ0) is 29.0. The molecule has 0 aromatic rings. The van der Waals surface area contributed by atoms with Crippen LogP contribution in [-0.4, -0.2) is 49.6 Å². The van der Waals surface area contributed by atoms with Gasteiger partial charge in [-0.05, 0) is 51.4 Å². The fourth-order valence-corrected chi connectivity index (χ4v) is 5.19. The van der Waals surface area contributed by atoms with E-state index in [2.05, 4.69) is 51.7 Å². The highest BCUT2D eigenvalue weighted by Gasteiger charge is 2.13. The van der Waals surface area contributed by atoms with Crippen LogP contribution in [0.3, 0.4) is 0 Å². The average molecular weight is 537 g/mol. The largest absolute Gasteiger partial charge is 0.303 e. The Morgan fingerprint density at radius 3 is 0.921 bits per heavy atom. The molecule has 0 aromatic carbocycles. The first kappa shape index (κ1) is 39.1. The molecule has 0 atom stereocenters. The second kappa shape index (κ2) is 28.9. The van der Waals surface area contributed by atoms with Crippen molar-refractivity contribution in [2.75, 3.05) is 28.2 Å². The van der Waals surface area contributed by atoms with Gasteiger partial charge in [-0.3, -0.25) is 0 Å². The Morgan fingerprint density at radius 2 is 0.658 bits per heavy atom. The van der Waals surface area contributed by atoms with Crippen LogP contribution < -0.4 is 0 Å². The molecule has 0 spiro atoms. The molecular weight excluding hydrogens is 464 g/mol. The van der Waals surface area contributed by atoms with E-state index in [4.69, 9.17) is 0 Å². The van der Waals surface area contributed by atoms with E-state index in [1.54, 1.807) is 0 Å². The van der Waals surface area contributed by atoms with Crippen molar-refractivity contribution < 1.29 is 0 Å². The number of nitrogens with zero attached hydrogens (tertiary/aromatic N) is 4. The second-order valence-electron chi connectivity index (χ2n) is 12.0. The number of hydrazone groups is 2. The lowest BCUT2D eigenvalue weighted by molar-refractivity contribution is 0.421. The van der Waals surface area contributed by atoms with E-state index in [0.29, 0.717) is 11.8 Å². The van der Waals surface area contributed by atoms with E-state index in [0.717, 1.165) is 0 Å². The molecule has 0 bridgehead atoms. The van der Waals surface area contributed by atoms with Gasteiger partial charge in [0.05, 0.1) is 0 Å². The van der Waals surface area contributed by atoms with Crippen LogP contribution in [0.5, 0.6) is 0 Å². The Hall–Kier alpha value is -1.06. The van der Waals surface area contributed by atoms with Crippen LogP contribution in [0.1, 0.15) is 170 Å². The van der Waals surface area contributed by atoms with Gasteiger partial charge in [-0.25, -0.2) is 0 Å². The monoisotopic (exact) mass is 537 g/mol. The molecule has 0 aliphatic heterocycles. The lowest BCUT2D eigenvalue weighted by Gasteiger charge is -2.18. The molecule has 0 rings (SSSR count). The predicted molar refractivity (Wildman–Crippen MR) is 176 cm³/mol. The Kier molecular flexibility index (Phi) is 29.8. The molecular formula is C34H72N4. The molecule has 0 aliphatic carbocycles. The Labute approximate surface area is 241 Å². The van der Waals surface area contributed by atoms with Crippen LogP contribution in [0.25, 0.3) is 0 Å². The Bertz CT molecular complexity index is 515. The summed E-state index contributed by atoms with van der Waals surface area (Å²) in [6.07, 6.45) is 27.2. The summed E-state index contributed by atoms with van der Waals surface area (Å²) >= 11 is 0. The van der Waals surface area contributed by atoms with E-state index < -0.39 is 0 Å². The first-order valence-electron chi connectivity index (χ1n) is 16.7. The summed E-state index contributed by atoms with van der Waals surface area (Å²) in [6.45, 7) is 13.5. The lowest BCUT2D eigenvalue weighted by atomic mass is 9.91. The van der Waals surface area contributed by atoms with Crippen molar-refractivity contribution in [3.8, 4) is 0 Å². The van der Waals surface area contributed by atoms with Crippen molar-refractivity contribution in [1.29, 1.82) is 0 Å². The van der Waals surface area contributed by atoms with Crippen molar-refractivity contribution in [2.24, 2.45) is 22.0 Å². The minimum atomic E-state index is 0.704. The highest BCUT2D eigenvalue weighted by molar-refractivity contribution is 5.84. The molecule has 4 heteroatoms. The predicted octanol–water partition coefficient (Wildman–Crippen LogP) is 11.0. The van der Waals surface area contributed by atoms with Crippen LogP contribution in [0.15, 0.2) is 10.2 Å². The van der Waals surface area contributed by atoms with Crippen molar-refractivity contribution in [1.82, 2.24) is 10.0 Å². The standard InChI is InChI=1S/C19H40N2.C15H32N2/c1-6-8-10-12-14-16-19(18(3)20-21(4)5)17-15-13-11-9-7-2;1-6-8-10-12-15(13-11-9-7-2)14(3)16-17(4)5/h19H,6-17H2,1-5H3;15H,6-13H2,1-5H3/b20-18+;16-14+. The maximum absolute atomic E-state index is 4.66. The lowest BCUT2D eigenvalue weighted by Crippen LogP contribution is -2.16. The number of hydrogen-bond acceptors (Lipinski definition) is 4. The van der Waals surface area contributed by atoms with Gasteiger partial charge in [0.1, 0.15) is 0 Å². The van der Waals surface area contributed by atoms with Gasteiger partial charge in [0, 0.05) is 39.6 Å². The summed E-state index contributed by atoms with van der Waals surface area (Å²) in [5.74, 6) is 1.41. The highest BCUT2D eigenvalue weighted by Crippen LogP contribution is 2.21. The van der Waals surface area contributed by atoms with E-state index in [1.165, 1.54) is 140 Å². The summed E-state index contributed by atoms with van der Waals surface area (Å²) in [5, 5.41) is 13.1. The maximum Gasteiger partial charge on any atom is 0.0380 e. The van der Waals surface area contributed by atoms with Crippen LogP contribution in [0.2, 0.25) is 0 Å². The Morgan fingerprint density at radius 1 is 0.421 bits per heavy atom. The van der Waals surface area contributed by atoms with Gasteiger partial charge in [-0.1, -0.05) is 130 Å². The fraction of sp³-hybridized carbons (Fsp3) is 0.941. The molecule has 0 saturated heterocycles. The molecule has 0 amide bonds. The first-order valence-corrected chi connectivity index (χ1v) is 16.7. The van der Waals surface area contributed by atoms with E-state index in [1.807, 2.05) is 38.2 Å². The summed E-state index contributed by atoms with van der Waals surface area (Å²) < 4.78 is 0. The topological polar surface area (TPSA) is 31.2 Å². The van der Waals surface area contributed by atoms with Gasteiger partial charge >= 0.3 is 0 Å². The molecule has 0 unspecified atom stereocenters. The number of hydrogen-bond donors (Lipinski definition) is 0. The van der Waals surface area contributed by atoms with Gasteiger partial charge < -0.3 is 10.0 Å². The minimum absolute atomic E-state index is 0.704. The SMILES string of the molecule is CCCCCC(CCCCC)/C(C)=N/N(C)C.CCCCCCCC(CCCCCCC)/C(C)=N/N(C)C. The molecule has 0 heterocycles. The average Bonchev–Trinajstić information content (AvgIpc) is 2.86. The molecule has 0 radical (unpaired) electrons. The molecule has 228 valence electrons. The first-order chi connectivity index (χ1) is 18.2. The van der Waals surface area contributed by atoms with Crippen LogP contribution >= 0.6 is 0 Å². The molecule has 4 nitrogen and oxygen atoms in total. The number of unbranched alkanes of at least 4 members (excludes halogenated alkanes) is 12. The third-order valence-electron chi connectivity index (χ3n) is 7.52. The van der Waals surface area contributed by atoms with Crippen LogP contribution in [0, 0.1) is 11.8 Å². The fourth-order valence-electron chi connectivity index (χ4n) is 5.19. The van der Waals surface area contributed by atoms with Crippen molar-refractivity contribution >= 4 is 11.4 Å². The van der Waals surface area contributed by atoms with Crippen LogP contribution in [0.4, 0.5) is 0 Å². The summed E-state index contributed by atoms with van der Waals surface area (Å²) in [6, 6.07) is 0. The Balaban J connectivity index is 0. The van der Waals surface area contributed by atoms with Crippen LogP contribution in [-0.2, 0) is 0 Å². The quantitative estimate of drug-likeness (QED) is 0.0697. The maximum atomic E-state index is 4.66. The number of rotatable bonds is 24. The molecule has 0 saturated carbocycles. The van der Waals surface area contributed by atoms with E-state index in [9.17, 15) is 0 Å². The summed E-state index contributed by atoms with van der Waals surface area (Å²) in [5.41, 5.74) is 2.66. The third-order valence-corrected chi connectivity index (χ3v) is 7.52. The molecule has 0 aromatic heterocycles. The molecule has 0 fully saturated rings. The van der Waals surface area contributed by atoms with Gasteiger partial charge in [0.25, 0.3) is 0 Å². The highest BCUT2D eigenvalue weighted by atomic mass is 15.4. The third kappa shape index (κ3) is 26.5. The molecule has 0 N–H and O–H groups in total. The normalized spacial score (nSPS) is 12.2. The zero-order valence-corrected chi connectivity index (χ0v) is 28.1. The molecule has 0 aliphatic rings. The van der Waals surface area contributed by atoms with Gasteiger partial charge in [-0.15, -0.1) is 0 Å². The van der Waals surface area contributed by atoms with Crippen molar-refractivity contribution in [2.45, 2.75) is 170 Å². The van der Waals surface area contributed by atoms with Crippen molar-refractivity contribution in [3.05, 3.63) is 0 Å². The minimum Gasteiger partial charge on any atom is -0.303 e. The van der Waals surface area contributed by atoms with E-state index >= 15 is 0 Å². The smallest absolute Gasteiger partial charge is 0.0380 e. The van der Waals surface area contributed by atoms with Gasteiger partial charge in [-0.2, -0.15) is 10.2 Å². The second-order valence-corrected chi connectivity index (χ2v) is 12.0. The van der Waals surface area contributed by atoms with Gasteiger partial charge in [0.15, 0.2) is 0 Å². The molecule has 38 heavy (non-hydrogen) atoms. The van der Waals surface area contributed by atoms with E-state index in [-0.39, 0.29) is 0 Å². The summed E-state index contributed by atoms with van der Waals surface area (Å²) in [7, 11) is 8.09. The zero-order valence-electron chi connectivity index (χ0n) is 28.1. The summed E-state index contributed by atoms with van der Waals surface area (Å²) in [4.78, 5) is 0.